The molecule has 1 atom stereocenters. The molecule has 0 aliphatic carbocycles. The Bertz CT molecular complexity index is 597. The Morgan fingerprint density at radius 1 is 1.14 bits per heavy atom. The summed E-state index contributed by atoms with van der Waals surface area (Å²) in [6.45, 7) is 2.97. The lowest BCUT2D eigenvalue weighted by Crippen LogP contribution is -2.25. The maximum Gasteiger partial charge on any atom is 0.160 e. The highest BCUT2D eigenvalue weighted by Gasteiger charge is 2.11. The monoisotopic (exact) mass is 321 g/mol. The number of aliphatic hydroxyl groups is 1. The van der Waals surface area contributed by atoms with E-state index in [4.69, 9.17) is 9.47 Å². The smallest absolute Gasteiger partial charge is 0.160 e. The molecule has 0 spiro atoms. The van der Waals surface area contributed by atoms with Gasteiger partial charge >= 0.3 is 0 Å². The van der Waals surface area contributed by atoms with Crippen LogP contribution in [-0.2, 0) is 6.42 Å². The van der Waals surface area contributed by atoms with Crippen LogP contribution in [0.1, 0.15) is 21.4 Å². The molecule has 1 heterocycles. The normalized spacial score (nSPS) is 12.2. The molecule has 5 heteroatoms. The van der Waals surface area contributed by atoms with E-state index in [1.54, 1.807) is 25.6 Å². The molecular weight excluding hydrogens is 298 g/mol. The molecule has 0 saturated carbocycles. The number of aryl methyl sites for hydroxylation is 1. The number of benzene rings is 1. The Hall–Kier alpha value is -1.56. The Labute approximate surface area is 135 Å². The van der Waals surface area contributed by atoms with E-state index in [0.717, 1.165) is 24.5 Å². The molecule has 0 saturated heterocycles. The number of rotatable bonds is 8. The van der Waals surface area contributed by atoms with Crippen LogP contribution in [0.2, 0.25) is 0 Å². The zero-order valence-electron chi connectivity index (χ0n) is 13.3. The lowest BCUT2D eigenvalue weighted by molar-refractivity contribution is 0.247. The molecule has 0 amide bonds. The van der Waals surface area contributed by atoms with Gasteiger partial charge in [-0.1, -0.05) is 6.07 Å². The van der Waals surface area contributed by atoms with E-state index < -0.39 is 0 Å². The minimum absolute atomic E-state index is 0.00107. The quantitative estimate of drug-likeness (QED) is 0.785. The zero-order valence-corrected chi connectivity index (χ0v) is 14.1. The highest BCUT2D eigenvalue weighted by atomic mass is 32.1. The summed E-state index contributed by atoms with van der Waals surface area (Å²) in [6, 6.07) is 10.1. The van der Waals surface area contributed by atoms with Crippen LogP contribution in [0.15, 0.2) is 30.3 Å². The fourth-order valence-corrected chi connectivity index (χ4v) is 3.27. The second kappa shape index (κ2) is 8.17. The van der Waals surface area contributed by atoms with Crippen LogP contribution in [0, 0.1) is 6.92 Å². The fourth-order valence-electron chi connectivity index (χ4n) is 2.32. The van der Waals surface area contributed by atoms with E-state index in [9.17, 15) is 5.11 Å². The summed E-state index contributed by atoms with van der Waals surface area (Å²) in [7, 11) is 3.27. The molecule has 120 valence electrons. The molecule has 2 aromatic rings. The van der Waals surface area contributed by atoms with Crippen molar-refractivity contribution < 1.29 is 14.6 Å². The molecule has 1 aromatic carbocycles. The number of nitrogens with one attached hydrogen (secondary N) is 1. The van der Waals surface area contributed by atoms with Crippen molar-refractivity contribution in [1.29, 1.82) is 0 Å². The summed E-state index contributed by atoms with van der Waals surface area (Å²) < 4.78 is 10.6. The first-order valence-corrected chi connectivity index (χ1v) is 8.11. The van der Waals surface area contributed by atoms with Crippen LogP contribution < -0.4 is 14.8 Å². The SMILES string of the molecule is COc1ccc(CCN[C@H](CO)c2ccc(C)s2)cc1OC. The third-order valence-corrected chi connectivity index (χ3v) is 4.65. The minimum atomic E-state index is -0.00107. The van der Waals surface area contributed by atoms with Gasteiger partial charge in [0.1, 0.15) is 0 Å². The predicted molar refractivity (Wildman–Crippen MR) is 90.1 cm³/mol. The number of hydrogen-bond acceptors (Lipinski definition) is 5. The van der Waals surface area contributed by atoms with Crippen molar-refractivity contribution in [2.45, 2.75) is 19.4 Å². The van der Waals surface area contributed by atoms with Crippen LogP contribution in [0.25, 0.3) is 0 Å². The lowest BCUT2D eigenvalue weighted by Gasteiger charge is -2.15. The van der Waals surface area contributed by atoms with E-state index in [1.807, 2.05) is 18.2 Å². The molecule has 4 nitrogen and oxygen atoms in total. The molecule has 0 aliphatic rings. The highest BCUT2D eigenvalue weighted by molar-refractivity contribution is 7.12. The summed E-state index contributed by atoms with van der Waals surface area (Å²) in [5.41, 5.74) is 1.17. The highest BCUT2D eigenvalue weighted by Crippen LogP contribution is 2.28. The first-order chi connectivity index (χ1) is 10.7. The van der Waals surface area contributed by atoms with Gasteiger partial charge in [0, 0.05) is 9.75 Å². The Morgan fingerprint density at radius 2 is 1.91 bits per heavy atom. The minimum Gasteiger partial charge on any atom is -0.493 e. The average molecular weight is 321 g/mol. The number of aliphatic hydroxyl groups excluding tert-OH is 1. The molecule has 22 heavy (non-hydrogen) atoms. The van der Waals surface area contributed by atoms with Gasteiger partial charge in [-0.2, -0.15) is 0 Å². The summed E-state index contributed by atoms with van der Waals surface area (Å²) in [6.07, 6.45) is 0.862. The van der Waals surface area contributed by atoms with Crippen LogP contribution in [0.3, 0.4) is 0 Å². The fraction of sp³-hybridized carbons (Fsp3) is 0.412. The summed E-state index contributed by atoms with van der Waals surface area (Å²) in [5.74, 6) is 1.48. The standard InChI is InChI=1S/C17H23NO3S/c1-12-4-7-17(22-12)14(11-19)18-9-8-13-5-6-15(20-2)16(10-13)21-3/h4-7,10,14,18-19H,8-9,11H2,1-3H3/t14-/m1/s1. The molecule has 0 fully saturated rings. The van der Waals surface area contributed by atoms with Crippen LogP contribution >= 0.6 is 11.3 Å². The Balaban J connectivity index is 1.92. The summed E-state index contributed by atoms with van der Waals surface area (Å²) in [4.78, 5) is 2.43. The van der Waals surface area contributed by atoms with Crippen molar-refractivity contribution >= 4 is 11.3 Å². The third-order valence-electron chi connectivity index (χ3n) is 3.54. The lowest BCUT2D eigenvalue weighted by atomic mass is 10.1. The van der Waals surface area contributed by atoms with Gasteiger partial charge in [0.25, 0.3) is 0 Å². The largest absolute Gasteiger partial charge is 0.493 e. The summed E-state index contributed by atoms with van der Waals surface area (Å²) in [5, 5.41) is 12.9. The van der Waals surface area contributed by atoms with Gasteiger partial charge < -0.3 is 19.9 Å². The van der Waals surface area contributed by atoms with Crippen molar-refractivity contribution in [3.63, 3.8) is 0 Å². The first kappa shape index (κ1) is 16.8. The molecule has 0 unspecified atom stereocenters. The van der Waals surface area contributed by atoms with Gasteiger partial charge in [-0.15, -0.1) is 11.3 Å². The van der Waals surface area contributed by atoms with Gasteiger partial charge in [-0.05, 0) is 49.7 Å². The van der Waals surface area contributed by atoms with Crippen LogP contribution in [0.4, 0.5) is 0 Å². The number of hydrogen-bond donors (Lipinski definition) is 2. The number of methoxy groups -OCH3 is 2. The van der Waals surface area contributed by atoms with E-state index in [2.05, 4.69) is 24.4 Å². The molecule has 2 rings (SSSR count). The molecule has 2 N–H and O–H groups in total. The van der Waals surface area contributed by atoms with E-state index >= 15 is 0 Å². The molecule has 0 radical (unpaired) electrons. The maximum atomic E-state index is 9.54. The van der Waals surface area contributed by atoms with Gasteiger partial charge in [0.15, 0.2) is 11.5 Å². The van der Waals surface area contributed by atoms with Crippen molar-refractivity contribution in [1.82, 2.24) is 5.32 Å². The first-order valence-electron chi connectivity index (χ1n) is 7.29. The van der Waals surface area contributed by atoms with Crippen molar-refractivity contribution in [3.8, 4) is 11.5 Å². The van der Waals surface area contributed by atoms with Crippen LogP contribution in [0.5, 0.6) is 11.5 Å². The van der Waals surface area contributed by atoms with E-state index in [0.29, 0.717) is 0 Å². The molecule has 0 aliphatic heterocycles. The van der Waals surface area contributed by atoms with Crippen molar-refractivity contribution in [2.24, 2.45) is 0 Å². The second-order valence-electron chi connectivity index (χ2n) is 5.08. The van der Waals surface area contributed by atoms with Crippen molar-refractivity contribution in [3.05, 3.63) is 45.6 Å². The van der Waals surface area contributed by atoms with Crippen molar-refractivity contribution in [2.75, 3.05) is 27.4 Å². The van der Waals surface area contributed by atoms with Gasteiger partial charge in [0.2, 0.25) is 0 Å². The third kappa shape index (κ3) is 4.22. The zero-order chi connectivity index (χ0) is 15.9. The van der Waals surface area contributed by atoms with Gasteiger partial charge in [0.05, 0.1) is 26.9 Å². The topological polar surface area (TPSA) is 50.7 Å². The maximum absolute atomic E-state index is 9.54. The average Bonchev–Trinajstić information content (AvgIpc) is 2.97. The van der Waals surface area contributed by atoms with Gasteiger partial charge in [-0.25, -0.2) is 0 Å². The van der Waals surface area contributed by atoms with Crippen LogP contribution in [-0.4, -0.2) is 32.5 Å². The number of thiophene rings is 1. The van der Waals surface area contributed by atoms with E-state index in [1.165, 1.54) is 15.3 Å². The Morgan fingerprint density at radius 3 is 2.50 bits per heavy atom. The predicted octanol–water partition coefficient (Wildman–Crippen LogP) is 2.94. The van der Waals surface area contributed by atoms with Gasteiger partial charge in [-0.3, -0.25) is 0 Å². The second-order valence-corrected chi connectivity index (χ2v) is 6.40. The molecule has 1 aromatic heterocycles. The number of ether oxygens (including phenoxy) is 2. The molecular formula is C17H23NO3S. The molecule has 0 bridgehead atoms. The summed E-state index contributed by atoms with van der Waals surface area (Å²) >= 11 is 1.72. The Kier molecular flexibility index (Phi) is 6.24. The van der Waals surface area contributed by atoms with E-state index in [-0.39, 0.29) is 12.6 Å².